The van der Waals surface area contributed by atoms with Crippen LogP contribution in [0.1, 0.15) is 23.0 Å². The van der Waals surface area contributed by atoms with E-state index in [1.165, 1.54) is 0 Å². The van der Waals surface area contributed by atoms with Crippen LogP contribution in [0.15, 0.2) is 60.8 Å². The van der Waals surface area contributed by atoms with Gasteiger partial charge in [0.1, 0.15) is 11.5 Å². The minimum atomic E-state index is -0.145. The summed E-state index contributed by atoms with van der Waals surface area (Å²) >= 11 is 0. The molecule has 0 spiro atoms. The molecule has 3 rings (SSSR count). The molecule has 6 nitrogen and oxygen atoms in total. The third-order valence-corrected chi connectivity index (χ3v) is 4.17. The minimum Gasteiger partial charge on any atom is -0.497 e. The average molecular weight is 365 g/mol. The van der Waals surface area contributed by atoms with Gasteiger partial charge in [-0.05, 0) is 43.3 Å². The maximum absolute atomic E-state index is 12.8. The van der Waals surface area contributed by atoms with Gasteiger partial charge in [-0.15, -0.1) is 0 Å². The van der Waals surface area contributed by atoms with E-state index in [0.717, 1.165) is 22.7 Å². The van der Waals surface area contributed by atoms with Gasteiger partial charge in [-0.1, -0.05) is 18.2 Å². The smallest absolute Gasteiger partial charge is 0.274 e. The molecule has 0 N–H and O–H groups in total. The Kier molecular flexibility index (Phi) is 5.76. The summed E-state index contributed by atoms with van der Waals surface area (Å²) in [7, 11) is 3.39. The number of rotatable bonds is 7. The van der Waals surface area contributed by atoms with E-state index in [-0.39, 0.29) is 5.91 Å². The fourth-order valence-corrected chi connectivity index (χ4v) is 2.77. The topological polar surface area (TPSA) is 56.6 Å². The van der Waals surface area contributed by atoms with Crippen LogP contribution in [-0.2, 0) is 6.54 Å². The van der Waals surface area contributed by atoms with Crippen LogP contribution in [0.2, 0.25) is 0 Å². The fourth-order valence-electron chi connectivity index (χ4n) is 2.77. The van der Waals surface area contributed by atoms with Gasteiger partial charge >= 0.3 is 0 Å². The van der Waals surface area contributed by atoms with Gasteiger partial charge in [0.15, 0.2) is 5.69 Å². The lowest BCUT2D eigenvalue weighted by molar-refractivity contribution is 0.0777. The van der Waals surface area contributed by atoms with E-state index in [4.69, 9.17) is 9.47 Å². The van der Waals surface area contributed by atoms with Crippen molar-refractivity contribution in [2.75, 3.05) is 20.8 Å². The van der Waals surface area contributed by atoms with Crippen molar-refractivity contribution in [1.29, 1.82) is 0 Å². The lowest BCUT2D eigenvalue weighted by Gasteiger charge is -2.18. The zero-order chi connectivity index (χ0) is 19.2. The van der Waals surface area contributed by atoms with Gasteiger partial charge in [0.05, 0.1) is 19.4 Å². The quantitative estimate of drug-likeness (QED) is 0.642. The molecule has 0 atom stereocenters. The van der Waals surface area contributed by atoms with E-state index < -0.39 is 0 Å². The SMILES string of the molecule is CCOc1ccccc1CN(C)C(=O)c1ccn(-c2ccc(OC)cc2)n1. The van der Waals surface area contributed by atoms with Crippen molar-refractivity contribution in [3.8, 4) is 17.2 Å². The molecule has 0 aliphatic carbocycles. The van der Waals surface area contributed by atoms with Gasteiger partial charge < -0.3 is 14.4 Å². The maximum atomic E-state index is 12.8. The zero-order valence-electron chi connectivity index (χ0n) is 15.8. The van der Waals surface area contributed by atoms with Crippen LogP contribution in [0.4, 0.5) is 0 Å². The second kappa shape index (κ2) is 8.40. The molecule has 1 aromatic heterocycles. The number of nitrogens with zero attached hydrogens (tertiary/aromatic N) is 3. The van der Waals surface area contributed by atoms with Gasteiger partial charge in [-0.25, -0.2) is 4.68 Å². The number of hydrogen-bond donors (Lipinski definition) is 0. The van der Waals surface area contributed by atoms with Crippen molar-refractivity contribution < 1.29 is 14.3 Å². The first-order chi connectivity index (χ1) is 13.1. The Labute approximate surface area is 158 Å². The number of carbonyl (C=O) groups is 1. The predicted octanol–water partition coefficient (Wildman–Crippen LogP) is 3.55. The van der Waals surface area contributed by atoms with E-state index in [9.17, 15) is 4.79 Å². The van der Waals surface area contributed by atoms with Crippen molar-refractivity contribution in [2.24, 2.45) is 0 Å². The number of aromatic nitrogens is 2. The van der Waals surface area contributed by atoms with Gasteiger partial charge in [-0.3, -0.25) is 4.79 Å². The zero-order valence-corrected chi connectivity index (χ0v) is 15.8. The largest absolute Gasteiger partial charge is 0.497 e. The molecule has 0 saturated heterocycles. The third-order valence-electron chi connectivity index (χ3n) is 4.17. The van der Waals surface area contributed by atoms with E-state index in [0.29, 0.717) is 18.8 Å². The highest BCUT2D eigenvalue weighted by Gasteiger charge is 2.17. The number of amides is 1. The average Bonchev–Trinajstić information content (AvgIpc) is 3.19. The molecule has 3 aromatic rings. The Balaban J connectivity index is 1.73. The monoisotopic (exact) mass is 365 g/mol. The molecular formula is C21H23N3O3. The Hall–Kier alpha value is -3.28. The lowest BCUT2D eigenvalue weighted by Crippen LogP contribution is -2.27. The predicted molar refractivity (Wildman–Crippen MR) is 104 cm³/mol. The normalized spacial score (nSPS) is 10.5. The number of benzene rings is 2. The lowest BCUT2D eigenvalue weighted by atomic mass is 10.2. The summed E-state index contributed by atoms with van der Waals surface area (Å²) in [5.74, 6) is 1.42. The fraction of sp³-hybridized carbons (Fsp3) is 0.238. The summed E-state index contributed by atoms with van der Waals surface area (Å²) in [6, 6.07) is 17.0. The molecular weight excluding hydrogens is 342 g/mol. The van der Waals surface area contributed by atoms with Crippen LogP contribution in [0.5, 0.6) is 11.5 Å². The van der Waals surface area contributed by atoms with Crippen molar-refractivity contribution in [2.45, 2.75) is 13.5 Å². The van der Waals surface area contributed by atoms with E-state index >= 15 is 0 Å². The Morgan fingerprint density at radius 2 is 1.85 bits per heavy atom. The molecule has 1 heterocycles. The van der Waals surface area contributed by atoms with Crippen LogP contribution < -0.4 is 9.47 Å². The highest BCUT2D eigenvalue weighted by atomic mass is 16.5. The molecule has 0 aliphatic rings. The summed E-state index contributed by atoms with van der Waals surface area (Å²) in [6.07, 6.45) is 1.77. The van der Waals surface area contributed by atoms with Crippen LogP contribution in [-0.4, -0.2) is 41.4 Å². The maximum Gasteiger partial charge on any atom is 0.274 e. The van der Waals surface area contributed by atoms with E-state index in [1.54, 1.807) is 36.0 Å². The second-order valence-corrected chi connectivity index (χ2v) is 6.05. The van der Waals surface area contributed by atoms with Crippen molar-refractivity contribution >= 4 is 5.91 Å². The van der Waals surface area contributed by atoms with E-state index in [1.807, 2.05) is 55.5 Å². The number of hydrogen-bond acceptors (Lipinski definition) is 4. The molecule has 0 fully saturated rings. The van der Waals surface area contributed by atoms with Crippen LogP contribution in [0.25, 0.3) is 5.69 Å². The molecule has 0 bridgehead atoms. The number of methoxy groups -OCH3 is 1. The van der Waals surface area contributed by atoms with Gasteiger partial charge in [0.25, 0.3) is 5.91 Å². The summed E-state index contributed by atoms with van der Waals surface area (Å²) in [5.41, 5.74) is 2.21. The molecule has 27 heavy (non-hydrogen) atoms. The first kappa shape index (κ1) is 18.5. The molecule has 0 aliphatic heterocycles. The Morgan fingerprint density at radius 3 is 2.56 bits per heavy atom. The number of carbonyl (C=O) groups excluding carboxylic acids is 1. The van der Waals surface area contributed by atoms with Gasteiger partial charge in [-0.2, -0.15) is 5.10 Å². The van der Waals surface area contributed by atoms with Crippen molar-refractivity contribution in [3.63, 3.8) is 0 Å². The highest BCUT2D eigenvalue weighted by Crippen LogP contribution is 2.20. The first-order valence-electron chi connectivity index (χ1n) is 8.78. The van der Waals surface area contributed by atoms with Gasteiger partial charge in [0.2, 0.25) is 0 Å². The van der Waals surface area contributed by atoms with Crippen molar-refractivity contribution in [3.05, 3.63) is 72.1 Å². The van der Waals surface area contributed by atoms with E-state index in [2.05, 4.69) is 5.10 Å². The molecule has 6 heteroatoms. The second-order valence-electron chi connectivity index (χ2n) is 6.05. The molecule has 0 saturated carbocycles. The molecule has 1 amide bonds. The number of ether oxygens (including phenoxy) is 2. The van der Waals surface area contributed by atoms with Gasteiger partial charge in [0, 0.05) is 25.4 Å². The number of para-hydroxylation sites is 1. The van der Waals surface area contributed by atoms with Crippen LogP contribution in [0.3, 0.4) is 0 Å². The third kappa shape index (κ3) is 4.28. The standard InChI is InChI=1S/C21H23N3O3/c1-4-27-20-8-6-5-7-16(20)15-23(2)21(25)19-13-14-24(22-19)17-9-11-18(26-3)12-10-17/h5-14H,4,15H2,1-3H3. The molecule has 0 unspecified atom stereocenters. The van der Waals surface area contributed by atoms with Crippen LogP contribution >= 0.6 is 0 Å². The van der Waals surface area contributed by atoms with Crippen LogP contribution in [0, 0.1) is 0 Å². The summed E-state index contributed by atoms with van der Waals surface area (Å²) < 4.78 is 12.5. The molecule has 2 aromatic carbocycles. The summed E-state index contributed by atoms with van der Waals surface area (Å²) in [4.78, 5) is 14.4. The first-order valence-corrected chi connectivity index (χ1v) is 8.78. The minimum absolute atomic E-state index is 0.145. The molecule has 140 valence electrons. The Morgan fingerprint density at radius 1 is 1.11 bits per heavy atom. The molecule has 0 radical (unpaired) electrons. The van der Waals surface area contributed by atoms with Crippen molar-refractivity contribution in [1.82, 2.24) is 14.7 Å². The Bertz CT molecular complexity index is 903. The summed E-state index contributed by atoms with van der Waals surface area (Å²) in [5, 5.41) is 4.41. The highest BCUT2D eigenvalue weighted by molar-refractivity contribution is 5.92. The summed E-state index contributed by atoms with van der Waals surface area (Å²) in [6.45, 7) is 2.98.